The van der Waals surface area contributed by atoms with E-state index in [9.17, 15) is 9.59 Å². The van der Waals surface area contributed by atoms with Crippen LogP contribution in [0.5, 0.6) is 0 Å². The third-order valence-electron chi connectivity index (χ3n) is 5.54. The summed E-state index contributed by atoms with van der Waals surface area (Å²) in [6.07, 6.45) is 0.962. The van der Waals surface area contributed by atoms with Crippen LogP contribution >= 0.6 is 0 Å². The number of benzene rings is 3. The predicted molar refractivity (Wildman–Crippen MR) is 137 cm³/mol. The van der Waals surface area contributed by atoms with E-state index in [1.165, 1.54) is 12.5 Å². The number of nitrogens with one attached hydrogen (secondary N) is 2. The van der Waals surface area contributed by atoms with Gasteiger partial charge in [0.2, 0.25) is 5.91 Å². The highest BCUT2D eigenvalue weighted by molar-refractivity contribution is 6.08. The molecule has 34 heavy (non-hydrogen) atoms. The minimum atomic E-state index is -0.317. The van der Waals surface area contributed by atoms with E-state index in [1.807, 2.05) is 54.6 Å². The molecule has 2 amide bonds. The normalized spacial score (nSPS) is 11.3. The first kappa shape index (κ1) is 22.9. The fourth-order valence-electron chi connectivity index (χ4n) is 3.71. The Labute approximate surface area is 198 Å². The molecule has 170 valence electrons. The number of carbonyl (C=O) groups excluding carboxylic acids is 2. The van der Waals surface area contributed by atoms with Crippen LogP contribution in [0.4, 0.5) is 5.69 Å². The molecular formula is C28H26N4O2. The summed E-state index contributed by atoms with van der Waals surface area (Å²) < 4.78 is 0. The van der Waals surface area contributed by atoms with E-state index in [4.69, 9.17) is 4.98 Å². The molecule has 0 atom stereocenters. The van der Waals surface area contributed by atoms with Crippen molar-refractivity contribution in [3.05, 3.63) is 95.6 Å². The second-order valence-electron chi connectivity index (χ2n) is 8.02. The van der Waals surface area contributed by atoms with Crippen LogP contribution in [-0.4, -0.2) is 22.5 Å². The van der Waals surface area contributed by atoms with Crippen LogP contribution in [0.1, 0.15) is 42.3 Å². The zero-order valence-electron chi connectivity index (χ0n) is 19.4. The third kappa shape index (κ3) is 5.18. The maximum atomic E-state index is 13.2. The van der Waals surface area contributed by atoms with Gasteiger partial charge in [-0.05, 0) is 48.7 Å². The monoisotopic (exact) mass is 450 g/mol. The number of nitrogens with zero attached hydrogens (tertiary/aromatic N) is 2. The van der Waals surface area contributed by atoms with E-state index in [2.05, 4.69) is 34.9 Å². The second kappa shape index (κ2) is 10.1. The molecule has 0 aliphatic carbocycles. The molecule has 0 saturated carbocycles. The Balaban J connectivity index is 1.64. The number of pyridine rings is 1. The first-order valence-corrected chi connectivity index (χ1v) is 11.2. The number of carbonyl (C=O) groups is 2. The topological polar surface area (TPSA) is 83.5 Å². The van der Waals surface area contributed by atoms with Crippen LogP contribution in [0.15, 0.2) is 84.0 Å². The van der Waals surface area contributed by atoms with E-state index in [0.717, 1.165) is 34.1 Å². The number of fused-ring (bicyclic) bond motifs is 1. The van der Waals surface area contributed by atoms with Crippen molar-refractivity contribution in [2.75, 3.05) is 5.32 Å². The molecule has 0 aliphatic heterocycles. The molecule has 1 aromatic heterocycles. The fraction of sp³-hybridized carbons (Fsp3) is 0.143. The summed E-state index contributed by atoms with van der Waals surface area (Å²) in [6.45, 7) is 5.38. The van der Waals surface area contributed by atoms with Gasteiger partial charge < -0.3 is 5.32 Å². The predicted octanol–water partition coefficient (Wildman–Crippen LogP) is 5.58. The van der Waals surface area contributed by atoms with Crippen LogP contribution in [0.2, 0.25) is 0 Å². The molecule has 0 saturated heterocycles. The van der Waals surface area contributed by atoms with Crippen molar-refractivity contribution >= 4 is 34.1 Å². The van der Waals surface area contributed by atoms with E-state index in [-0.39, 0.29) is 11.8 Å². The van der Waals surface area contributed by atoms with Crippen LogP contribution in [0.25, 0.3) is 22.2 Å². The Bertz CT molecular complexity index is 1390. The summed E-state index contributed by atoms with van der Waals surface area (Å²) in [5.74, 6) is -0.466. The molecule has 3 aromatic carbocycles. The van der Waals surface area contributed by atoms with Crippen molar-refractivity contribution < 1.29 is 9.59 Å². The number of aromatic nitrogens is 1. The van der Waals surface area contributed by atoms with Crippen LogP contribution < -0.4 is 10.7 Å². The maximum absolute atomic E-state index is 13.2. The molecule has 0 bridgehead atoms. The molecule has 0 fully saturated rings. The number of para-hydroxylation sites is 1. The summed E-state index contributed by atoms with van der Waals surface area (Å²) in [5, 5.41) is 7.82. The van der Waals surface area contributed by atoms with Gasteiger partial charge in [0.25, 0.3) is 5.91 Å². The molecular weight excluding hydrogens is 424 g/mol. The highest BCUT2D eigenvalue weighted by Crippen LogP contribution is 2.25. The molecule has 4 aromatic rings. The summed E-state index contributed by atoms with van der Waals surface area (Å²) >= 11 is 0. The standard InChI is InChI=1S/C28H26N4O2/c1-4-20-12-14-21(15-13-20)27-17-25(24-10-5-6-11-26(24)30-27)28(34)32-31-18(2)22-8-7-9-23(16-22)29-19(3)33/h5-17H,4H2,1-3H3,(H,29,33)(H,32,34)/b31-18+. The molecule has 6 nitrogen and oxygen atoms in total. The van der Waals surface area contributed by atoms with Gasteiger partial charge in [-0.1, -0.05) is 61.5 Å². The highest BCUT2D eigenvalue weighted by Gasteiger charge is 2.14. The van der Waals surface area contributed by atoms with Crippen molar-refractivity contribution in [3.8, 4) is 11.3 Å². The van der Waals surface area contributed by atoms with Gasteiger partial charge in [0, 0.05) is 23.6 Å². The molecule has 1 heterocycles. The fourth-order valence-corrected chi connectivity index (χ4v) is 3.71. The molecule has 0 spiro atoms. The van der Waals surface area contributed by atoms with E-state index >= 15 is 0 Å². The van der Waals surface area contributed by atoms with Gasteiger partial charge in [-0.2, -0.15) is 5.10 Å². The minimum absolute atomic E-state index is 0.148. The molecule has 0 unspecified atom stereocenters. The van der Waals surface area contributed by atoms with Crippen molar-refractivity contribution in [1.29, 1.82) is 0 Å². The highest BCUT2D eigenvalue weighted by atomic mass is 16.2. The Morgan fingerprint density at radius 1 is 0.912 bits per heavy atom. The Kier molecular flexibility index (Phi) is 6.78. The molecule has 4 rings (SSSR count). The smallest absolute Gasteiger partial charge is 0.272 e. The van der Waals surface area contributed by atoms with Gasteiger partial charge in [0.15, 0.2) is 0 Å². The van der Waals surface area contributed by atoms with Gasteiger partial charge >= 0.3 is 0 Å². The molecule has 0 aliphatic rings. The van der Waals surface area contributed by atoms with Crippen LogP contribution in [0, 0.1) is 0 Å². The largest absolute Gasteiger partial charge is 0.326 e. The number of aryl methyl sites for hydroxylation is 1. The number of anilines is 1. The molecule has 2 N–H and O–H groups in total. The first-order valence-electron chi connectivity index (χ1n) is 11.2. The van der Waals surface area contributed by atoms with Crippen molar-refractivity contribution in [2.45, 2.75) is 27.2 Å². The lowest BCUT2D eigenvalue weighted by Crippen LogP contribution is -2.20. The molecule has 6 heteroatoms. The lowest BCUT2D eigenvalue weighted by atomic mass is 10.0. The Hall–Kier alpha value is -4.32. The number of rotatable bonds is 6. The number of hydrogen-bond acceptors (Lipinski definition) is 4. The van der Waals surface area contributed by atoms with Gasteiger partial charge in [0.05, 0.1) is 22.5 Å². The number of hydrazone groups is 1. The average molecular weight is 451 g/mol. The third-order valence-corrected chi connectivity index (χ3v) is 5.54. The van der Waals surface area contributed by atoms with E-state index in [0.29, 0.717) is 17.0 Å². The summed E-state index contributed by atoms with van der Waals surface area (Å²) in [4.78, 5) is 29.3. The second-order valence-corrected chi connectivity index (χ2v) is 8.02. The quantitative estimate of drug-likeness (QED) is 0.297. The van der Waals surface area contributed by atoms with E-state index in [1.54, 1.807) is 19.1 Å². The zero-order chi connectivity index (χ0) is 24.1. The minimum Gasteiger partial charge on any atom is -0.326 e. The summed E-state index contributed by atoms with van der Waals surface area (Å²) in [7, 11) is 0. The molecule has 0 radical (unpaired) electrons. The Morgan fingerprint density at radius 3 is 2.41 bits per heavy atom. The van der Waals surface area contributed by atoms with Gasteiger partial charge in [-0.3, -0.25) is 9.59 Å². The zero-order valence-corrected chi connectivity index (χ0v) is 19.4. The van der Waals surface area contributed by atoms with Crippen molar-refractivity contribution in [3.63, 3.8) is 0 Å². The number of amides is 2. The Morgan fingerprint density at radius 2 is 1.68 bits per heavy atom. The van der Waals surface area contributed by atoms with Crippen LogP contribution in [-0.2, 0) is 11.2 Å². The number of hydrogen-bond donors (Lipinski definition) is 2. The summed E-state index contributed by atoms with van der Waals surface area (Å²) in [6, 6.07) is 24.9. The van der Waals surface area contributed by atoms with Crippen molar-refractivity contribution in [2.24, 2.45) is 5.10 Å². The van der Waals surface area contributed by atoms with Crippen molar-refractivity contribution in [1.82, 2.24) is 10.4 Å². The lowest BCUT2D eigenvalue weighted by Gasteiger charge is -2.10. The SMILES string of the molecule is CCc1ccc(-c2cc(C(=O)N/N=C(\C)c3cccc(NC(C)=O)c3)c3ccccc3n2)cc1. The van der Waals surface area contributed by atoms with Gasteiger partial charge in [-0.25, -0.2) is 10.4 Å². The maximum Gasteiger partial charge on any atom is 0.272 e. The van der Waals surface area contributed by atoms with Gasteiger partial charge in [0.1, 0.15) is 0 Å². The average Bonchev–Trinajstić information content (AvgIpc) is 2.86. The summed E-state index contributed by atoms with van der Waals surface area (Å²) in [5.41, 5.74) is 8.94. The van der Waals surface area contributed by atoms with E-state index < -0.39 is 0 Å². The first-order chi connectivity index (χ1) is 16.4. The van der Waals surface area contributed by atoms with Crippen LogP contribution in [0.3, 0.4) is 0 Å². The van der Waals surface area contributed by atoms with Gasteiger partial charge in [-0.15, -0.1) is 0 Å². The lowest BCUT2D eigenvalue weighted by molar-refractivity contribution is -0.114.